The molecule has 0 aromatic carbocycles. The van der Waals surface area contributed by atoms with Gasteiger partial charge in [0.15, 0.2) is 0 Å². The Morgan fingerprint density at radius 2 is 1.71 bits per heavy atom. The standard InChI is InChI=1S/C11H22Cl2O/c1-10(2)4-6-14-7-5-11(3,8-12)9-13/h10H,4-9H2,1-3H3. The Kier molecular flexibility index (Phi) is 8.08. The number of alkyl halides is 2. The molecule has 0 aromatic heterocycles. The van der Waals surface area contributed by atoms with Gasteiger partial charge in [0.1, 0.15) is 0 Å². The highest BCUT2D eigenvalue weighted by molar-refractivity contribution is 6.21. The van der Waals surface area contributed by atoms with Crippen molar-refractivity contribution >= 4 is 23.2 Å². The zero-order chi connectivity index (χ0) is 11.0. The summed E-state index contributed by atoms with van der Waals surface area (Å²) in [5, 5.41) is 0. The quantitative estimate of drug-likeness (QED) is 0.462. The zero-order valence-electron chi connectivity index (χ0n) is 9.48. The monoisotopic (exact) mass is 240 g/mol. The van der Waals surface area contributed by atoms with E-state index in [9.17, 15) is 0 Å². The lowest BCUT2D eigenvalue weighted by Gasteiger charge is -2.23. The first kappa shape index (κ1) is 14.5. The maximum Gasteiger partial charge on any atom is 0.0472 e. The van der Waals surface area contributed by atoms with Crippen LogP contribution in [0.15, 0.2) is 0 Å². The molecule has 0 heterocycles. The fourth-order valence-electron chi connectivity index (χ4n) is 0.909. The van der Waals surface area contributed by atoms with Gasteiger partial charge < -0.3 is 4.74 Å². The molecule has 0 aliphatic heterocycles. The molecule has 0 amide bonds. The van der Waals surface area contributed by atoms with Gasteiger partial charge in [-0.1, -0.05) is 20.8 Å². The molecular weight excluding hydrogens is 219 g/mol. The fourth-order valence-corrected chi connectivity index (χ4v) is 1.46. The van der Waals surface area contributed by atoms with Crippen LogP contribution in [0.25, 0.3) is 0 Å². The molecule has 0 aliphatic carbocycles. The van der Waals surface area contributed by atoms with Crippen LogP contribution < -0.4 is 0 Å². The fraction of sp³-hybridized carbons (Fsp3) is 1.00. The Hall–Kier alpha value is 0.540. The van der Waals surface area contributed by atoms with Crippen molar-refractivity contribution in [3.8, 4) is 0 Å². The second-order valence-electron chi connectivity index (χ2n) is 4.62. The largest absolute Gasteiger partial charge is 0.381 e. The van der Waals surface area contributed by atoms with Crippen LogP contribution in [0.5, 0.6) is 0 Å². The zero-order valence-corrected chi connectivity index (χ0v) is 11.0. The van der Waals surface area contributed by atoms with Crippen LogP contribution in [0, 0.1) is 11.3 Å². The molecule has 86 valence electrons. The first-order chi connectivity index (χ1) is 6.54. The van der Waals surface area contributed by atoms with Crippen LogP contribution in [-0.4, -0.2) is 25.0 Å². The Balaban J connectivity index is 3.43. The van der Waals surface area contributed by atoms with E-state index in [1.165, 1.54) is 0 Å². The van der Waals surface area contributed by atoms with E-state index in [1.54, 1.807) is 0 Å². The second-order valence-corrected chi connectivity index (χ2v) is 5.16. The minimum atomic E-state index is 0.0287. The summed E-state index contributed by atoms with van der Waals surface area (Å²) >= 11 is 11.7. The molecule has 0 aliphatic rings. The van der Waals surface area contributed by atoms with Gasteiger partial charge in [-0.25, -0.2) is 0 Å². The minimum Gasteiger partial charge on any atom is -0.381 e. The predicted octanol–water partition coefficient (Wildman–Crippen LogP) is 3.92. The SMILES string of the molecule is CC(C)CCOCCC(C)(CCl)CCl. The summed E-state index contributed by atoms with van der Waals surface area (Å²) < 4.78 is 5.53. The second kappa shape index (κ2) is 7.78. The van der Waals surface area contributed by atoms with Crippen LogP contribution in [0.1, 0.15) is 33.6 Å². The Morgan fingerprint density at radius 3 is 2.14 bits per heavy atom. The minimum absolute atomic E-state index is 0.0287. The van der Waals surface area contributed by atoms with Crippen molar-refractivity contribution in [1.29, 1.82) is 0 Å². The van der Waals surface area contributed by atoms with Gasteiger partial charge in [0, 0.05) is 25.0 Å². The van der Waals surface area contributed by atoms with Gasteiger partial charge in [0.05, 0.1) is 0 Å². The van der Waals surface area contributed by atoms with E-state index < -0.39 is 0 Å². The molecule has 0 unspecified atom stereocenters. The first-order valence-electron chi connectivity index (χ1n) is 5.24. The maximum atomic E-state index is 5.83. The smallest absolute Gasteiger partial charge is 0.0472 e. The summed E-state index contributed by atoms with van der Waals surface area (Å²) in [6, 6.07) is 0. The molecule has 0 radical (unpaired) electrons. The normalized spacial score (nSPS) is 12.4. The van der Waals surface area contributed by atoms with Crippen LogP contribution in [0.4, 0.5) is 0 Å². The molecule has 0 rings (SSSR count). The maximum absolute atomic E-state index is 5.83. The molecule has 3 heteroatoms. The molecule has 0 spiro atoms. The van der Waals surface area contributed by atoms with Crippen molar-refractivity contribution in [3.05, 3.63) is 0 Å². The Morgan fingerprint density at radius 1 is 1.14 bits per heavy atom. The molecule has 1 nitrogen and oxygen atoms in total. The van der Waals surface area contributed by atoms with Gasteiger partial charge in [0.25, 0.3) is 0 Å². The van der Waals surface area contributed by atoms with E-state index in [-0.39, 0.29) is 5.41 Å². The lowest BCUT2D eigenvalue weighted by Crippen LogP contribution is -2.23. The Labute approximate surface area is 98.1 Å². The van der Waals surface area contributed by atoms with Crippen molar-refractivity contribution < 1.29 is 4.74 Å². The molecule has 0 fully saturated rings. The van der Waals surface area contributed by atoms with Crippen molar-refractivity contribution in [2.45, 2.75) is 33.6 Å². The third kappa shape index (κ3) is 6.92. The van der Waals surface area contributed by atoms with Gasteiger partial charge >= 0.3 is 0 Å². The molecule has 0 bridgehead atoms. The number of hydrogen-bond donors (Lipinski definition) is 0. The van der Waals surface area contributed by atoms with E-state index in [2.05, 4.69) is 20.8 Å². The highest BCUT2D eigenvalue weighted by Crippen LogP contribution is 2.24. The van der Waals surface area contributed by atoms with E-state index >= 15 is 0 Å². The van der Waals surface area contributed by atoms with Gasteiger partial charge in [0.2, 0.25) is 0 Å². The summed E-state index contributed by atoms with van der Waals surface area (Å²) in [5.74, 6) is 1.91. The van der Waals surface area contributed by atoms with Crippen LogP contribution >= 0.6 is 23.2 Å². The van der Waals surface area contributed by atoms with Crippen LogP contribution in [0.2, 0.25) is 0 Å². The van der Waals surface area contributed by atoms with Crippen molar-refractivity contribution in [1.82, 2.24) is 0 Å². The number of ether oxygens (including phenoxy) is 1. The highest BCUT2D eigenvalue weighted by atomic mass is 35.5. The van der Waals surface area contributed by atoms with Crippen molar-refractivity contribution in [2.75, 3.05) is 25.0 Å². The molecule has 0 N–H and O–H groups in total. The lowest BCUT2D eigenvalue weighted by atomic mass is 9.92. The van der Waals surface area contributed by atoms with Gasteiger partial charge in [-0.15, -0.1) is 23.2 Å². The molecular formula is C11H22Cl2O. The molecule has 0 aromatic rings. The highest BCUT2D eigenvalue weighted by Gasteiger charge is 2.21. The summed E-state index contributed by atoms with van der Waals surface area (Å²) in [6.07, 6.45) is 2.07. The topological polar surface area (TPSA) is 9.23 Å². The van der Waals surface area contributed by atoms with E-state index in [0.29, 0.717) is 17.7 Å². The van der Waals surface area contributed by atoms with E-state index in [0.717, 1.165) is 26.1 Å². The molecule has 0 atom stereocenters. The van der Waals surface area contributed by atoms with E-state index in [4.69, 9.17) is 27.9 Å². The number of halogens is 2. The van der Waals surface area contributed by atoms with Crippen LogP contribution in [-0.2, 0) is 4.74 Å². The summed E-state index contributed by atoms with van der Waals surface area (Å²) in [6.45, 7) is 8.11. The number of rotatable bonds is 8. The summed E-state index contributed by atoms with van der Waals surface area (Å²) in [4.78, 5) is 0. The average Bonchev–Trinajstić information content (AvgIpc) is 2.16. The van der Waals surface area contributed by atoms with Gasteiger partial charge in [-0.3, -0.25) is 0 Å². The van der Waals surface area contributed by atoms with Crippen molar-refractivity contribution in [3.63, 3.8) is 0 Å². The van der Waals surface area contributed by atoms with Crippen LogP contribution in [0.3, 0.4) is 0 Å². The van der Waals surface area contributed by atoms with Gasteiger partial charge in [-0.2, -0.15) is 0 Å². The Bertz CT molecular complexity index is 133. The third-order valence-corrected chi connectivity index (χ3v) is 3.63. The predicted molar refractivity (Wildman–Crippen MR) is 64.4 cm³/mol. The molecule has 14 heavy (non-hydrogen) atoms. The van der Waals surface area contributed by atoms with Crippen molar-refractivity contribution in [2.24, 2.45) is 11.3 Å². The number of hydrogen-bond acceptors (Lipinski definition) is 1. The summed E-state index contributed by atoms with van der Waals surface area (Å²) in [5.41, 5.74) is 0.0287. The summed E-state index contributed by atoms with van der Waals surface area (Å²) in [7, 11) is 0. The lowest BCUT2D eigenvalue weighted by molar-refractivity contribution is 0.101. The third-order valence-electron chi connectivity index (χ3n) is 2.33. The molecule has 0 saturated carbocycles. The molecule has 0 saturated heterocycles. The first-order valence-corrected chi connectivity index (χ1v) is 6.30. The van der Waals surface area contributed by atoms with E-state index in [1.807, 2.05) is 0 Å². The van der Waals surface area contributed by atoms with Gasteiger partial charge in [-0.05, 0) is 24.2 Å². The average molecular weight is 241 g/mol.